The summed E-state index contributed by atoms with van der Waals surface area (Å²) in [4.78, 5) is 28.0. The second-order valence-corrected chi connectivity index (χ2v) is 6.73. The molecule has 0 atom stereocenters. The third kappa shape index (κ3) is 2.77. The van der Waals surface area contributed by atoms with Gasteiger partial charge in [-0.15, -0.1) is 0 Å². The zero-order valence-electron chi connectivity index (χ0n) is 14.6. The third-order valence-electron chi connectivity index (χ3n) is 4.90. The minimum Gasteiger partial charge on any atom is -0.481 e. The number of aromatic nitrogens is 2. The number of halogens is 2. The summed E-state index contributed by atoms with van der Waals surface area (Å²) in [5.74, 6) is -2.35. The number of anilines is 1. The van der Waals surface area contributed by atoms with Gasteiger partial charge in [-0.2, -0.15) is 0 Å². The lowest BCUT2D eigenvalue weighted by molar-refractivity contribution is -0.137. The van der Waals surface area contributed by atoms with Gasteiger partial charge in [-0.25, -0.2) is 8.78 Å². The molecule has 0 unspecified atom stereocenters. The molecular weight excluding hydrogens is 356 g/mol. The molecule has 140 valence electrons. The maximum atomic E-state index is 14.8. The number of carboxylic acid groups (broad SMARTS) is 1. The van der Waals surface area contributed by atoms with Gasteiger partial charge in [0.05, 0.1) is 5.69 Å². The van der Waals surface area contributed by atoms with Crippen LogP contribution in [0.4, 0.5) is 14.5 Å². The van der Waals surface area contributed by atoms with Crippen molar-refractivity contribution < 1.29 is 18.7 Å². The number of nitrogens with one attached hydrogen (secondary N) is 1. The fraction of sp³-hybridized carbons (Fsp3) is 0.263. The Morgan fingerprint density at radius 3 is 2.81 bits per heavy atom. The highest BCUT2D eigenvalue weighted by Gasteiger charge is 2.27. The molecule has 1 aromatic carbocycles. The van der Waals surface area contributed by atoms with Crippen LogP contribution in [-0.2, 0) is 18.4 Å². The number of fused-ring (bicyclic) bond motifs is 2. The zero-order chi connectivity index (χ0) is 19.3. The molecule has 4 rings (SSSR count). The van der Waals surface area contributed by atoms with Crippen molar-refractivity contribution in [3.8, 4) is 11.1 Å². The average Bonchev–Trinajstić information content (AvgIpc) is 2.95. The van der Waals surface area contributed by atoms with Gasteiger partial charge in [0.1, 0.15) is 17.2 Å². The number of aliphatic carboxylic acids is 1. The van der Waals surface area contributed by atoms with Crippen molar-refractivity contribution in [3.05, 3.63) is 52.1 Å². The number of nitrogens with zero attached hydrogens (tertiary/aromatic N) is 2. The predicted octanol–water partition coefficient (Wildman–Crippen LogP) is 3.00. The van der Waals surface area contributed by atoms with Crippen LogP contribution in [0.2, 0.25) is 0 Å². The van der Waals surface area contributed by atoms with E-state index in [1.165, 1.54) is 10.6 Å². The van der Waals surface area contributed by atoms with E-state index < -0.39 is 17.6 Å². The quantitative estimate of drug-likeness (QED) is 0.737. The standard InChI is InChI=1S/C19H17F2N3O3/c1-23-9-13-12-5-11(20)6-14(21)18(12)24(4-2-3-15(25)26)8-10-7-22-17(16(10)13)19(23)27/h5-7,9,22H,2-4,8H2,1H3,(H,25,26). The van der Waals surface area contributed by atoms with E-state index in [0.717, 1.165) is 11.6 Å². The van der Waals surface area contributed by atoms with E-state index in [4.69, 9.17) is 5.11 Å². The van der Waals surface area contributed by atoms with Crippen LogP contribution < -0.4 is 10.5 Å². The first-order valence-corrected chi connectivity index (χ1v) is 8.52. The molecule has 2 N–H and O–H groups in total. The van der Waals surface area contributed by atoms with E-state index >= 15 is 0 Å². The van der Waals surface area contributed by atoms with Gasteiger partial charge in [0.25, 0.3) is 5.56 Å². The maximum Gasteiger partial charge on any atom is 0.303 e. The molecule has 0 spiro atoms. The minimum absolute atomic E-state index is 0.0518. The van der Waals surface area contributed by atoms with E-state index in [0.29, 0.717) is 35.0 Å². The number of pyridine rings is 1. The van der Waals surface area contributed by atoms with Crippen molar-refractivity contribution in [3.63, 3.8) is 0 Å². The van der Waals surface area contributed by atoms with Gasteiger partial charge in [-0.05, 0) is 18.1 Å². The number of carbonyl (C=O) groups is 1. The molecule has 3 aromatic rings. The van der Waals surface area contributed by atoms with Crippen LogP contribution in [0.3, 0.4) is 0 Å². The Balaban J connectivity index is 1.96. The first kappa shape index (κ1) is 17.3. The van der Waals surface area contributed by atoms with Crippen LogP contribution in [0.1, 0.15) is 18.4 Å². The van der Waals surface area contributed by atoms with Crippen molar-refractivity contribution in [2.45, 2.75) is 19.4 Å². The van der Waals surface area contributed by atoms with Crippen molar-refractivity contribution in [1.29, 1.82) is 0 Å². The molecule has 27 heavy (non-hydrogen) atoms. The summed E-state index contributed by atoms with van der Waals surface area (Å²) in [6, 6.07) is 2.08. The Kier molecular flexibility index (Phi) is 3.98. The van der Waals surface area contributed by atoms with Crippen molar-refractivity contribution >= 4 is 22.6 Å². The molecule has 0 saturated heterocycles. The maximum absolute atomic E-state index is 14.8. The minimum atomic E-state index is -0.931. The van der Waals surface area contributed by atoms with Gasteiger partial charge in [0, 0.05) is 61.5 Å². The lowest BCUT2D eigenvalue weighted by Gasteiger charge is -2.25. The highest BCUT2D eigenvalue weighted by atomic mass is 19.1. The highest BCUT2D eigenvalue weighted by molar-refractivity contribution is 6.01. The van der Waals surface area contributed by atoms with Crippen LogP contribution in [0, 0.1) is 11.6 Å². The molecule has 0 aliphatic carbocycles. The zero-order valence-corrected chi connectivity index (χ0v) is 14.6. The number of hydrogen-bond donors (Lipinski definition) is 2. The predicted molar refractivity (Wildman–Crippen MR) is 96.8 cm³/mol. The molecule has 1 aliphatic heterocycles. The number of H-pyrrole nitrogens is 1. The number of hydrogen-bond acceptors (Lipinski definition) is 3. The Labute approximate surface area is 152 Å². The van der Waals surface area contributed by atoms with E-state index in [1.807, 2.05) is 0 Å². The SMILES string of the molecule is Cn1cc2c3c(c[nH]c3c1=O)CN(CCCC(=O)O)c1c(F)cc(F)cc1-2. The van der Waals surface area contributed by atoms with Gasteiger partial charge in [-0.1, -0.05) is 0 Å². The van der Waals surface area contributed by atoms with Crippen molar-refractivity contribution in [2.75, 3.05) is 11.4 Å². The summed E-state index contributed by atoms with van der Waals surface area (Å²) in [5, 5.41) is 9.54. The van der Waals surface area contributed by atoms with Crippen molar-refractivity contribution in [1.82, 2.24) is 9.55 Å². The molecule has 0 bridgehead atoms. The molecule has 0 saturated carbocycles. The molecule has 0 radical (unpaired) electrons. The van der Waals surface area contributed by atoms with E-state index in [1.54, 1.807) is 24.3 Å². The second kappa shape index (κ2) is 6.22. The lowest BCUT2D eigenvalue weighted by Crippen LogP contribution is -2.25. The first-order chi connectivity index (χ1) is 12.9. The highest BCUT2D eigenvalue weighted by Crippen LogP contribution is 2.42. The van der Waals surface area contributed by atoms with Crippen LogP contribution in [0.15, 0.2) is 29.3 Å². The van der Waals surface area contributed by atoms with Crippen LogP contribution >= 0.6 is 0 Å². The average molecular weight is 373 g/mol. The molecule has 0 fully saturated rings. The molecule has 3 heterocycles. The third-order valence-corrected chi connectivity index (χ3v) is 4.90. The Morgan fingerprint density at radius 1 is 1.30 bits per heavy atom. The normalized spacial score (nSPS) is 12.9. The number of carboxylic acids is 1. The molecule has 2 aromatic heterocycles. The van der Waals surface area contributed by atoms with Gasteiger partial charge in [0.2, 0.25) is 0 Å². The monoisotopic (exact) mass is 373 g/mol. The molecule has 0 amide bonds. The van der Waals surface area contributed by atoms with Crippen LogP contribution in [0.5, 0.6) is 0 Å². The molecule has 8 heteroatoms. The smallest absolute Gasteiger partial charge is 0.303 e. The fourth-order valence-corrected chi connectivity index (χ4v) is 3.75. The van der Waals surface area contributed by atoms with E-state index in [-0.39, 0.29) is 24.2 Å². The molecular formula is C19H17F2N3O3. The van der Waals surface area contributed by atoms with E-state index in [2.05, 4.69) is 4.98 Å². The molecule has 1 aliphatic rings. The summed E-state index contributed by atoms with van der Waals surface area (Å²) in [6.07, 6.45) is 3.54. The van der Waals surface area contributed by atoms with E-state index in [9.17, 15) is 18.4 Å². The van der Waals surface area contributed by atoms with Gasteiger partial charge >= 0.3 is 5.97 Å². The van der Waals surface area contributed by atoms with Crippen LogP contribution in [0.25, 0.3) is 22.0 Å². The summed E-state index contributed by atoms with van der Waals surface area (Å²) >= 11 is 0. The number of aryl methyl sites for hydroxylation is 1. The summed E-state index contributed by atoms with van der Waals surface area (Å²) in [5.41, 5.74) is 2.08. The number of aromatic amines is 1. The summed E-state index contributed by atoms with van der Waals surface area (Å²) in [6.45, 7) is 0.578. The number of rotatable bonds is 4. The van der Waals surface area contributed by atoms with Gasteiger partial charge < -0.3 is 19.6 Å². The number of benzene rings is 1. The first-order valence-electron chi connectivity index (χ1n) is 8.52. The van der Waals surface area contributed by atoms with Crippen molar-refractivity contribution in [2.24, 2.45) is 7.05 Å². The van der Waals surface area contributed by atoms with Crippen LogP contribution in [-0.4, -0.2) is 27.2 Å². The van der Waals surface area contributed by atoms with Gasteiger partial charge in [0.15, 0.2) is 0 Å². The Bertz CT molecular complexity index is 1130. The van der Waals surface area contributed by atoms with Gasteiger partial charge in [-0.3, -0.25) is 9.59 Å². The fourth-order valence-electron chi connectivity index (χ4n) is 3.75. The molecule has 6 nitrogen and oxygen atoms in total. The summed E-state index contributed by atoms with van der Waals surface area (Å²) < 4.78 is 30.2. The summed E-state index contributed by atoms with van der Waals surface area (Å²) in [7, 11) is 1.59. The Hall–Kier alpha value is -3.16. The largest absolute Gasteiger partial charge is 0.481 e. The second-order valence-electron chi connectivity index (χ2n) is 6.73. The Morgan fingerprint density at radius 2 is 2.07 bits per heavy atom. The lowest BCUT2D eigenvalue weighted by atomic mass is 10.0. The topological polar surface area (TPSA) is 78.3 Å².